The van der Waals surface area contributed by atoms with Gasteiger partial charge in [0.1, 0.15) is 11.5 Å². The average molecular weight is 329 g/mol. The van der Waals surface area contributed by atoms with E-state index in [4.69, 9.17) is 0 Å². The van der Waals surface area contributed by atoms with Crippen LogP contribution in [0.3, 0.4) is 0 Å². The Morgan fingerprint density at radius 2 is 2.17 bits per heavy atom. The minimum absolute atomic E-state index is 0.0328. The van der Waals surface area contributed by atoms with Gasteiger partial charge in [-0.25, -0.2) is 9.78 Å². The fourth-order valence-corrected chi connectivity index (χ4v) is 2.86. The van der Waals surface area contributed by atoms with E-state index >= 15 is 0 Å². The molecule has 3 heterocycles. The number of nitrogens with zero attached hydrogens (tertiary/aromatic N) is 2. The number of rotatable bonds is 3. The first-order valence-corrected chi connectivity index (χ1v) is 7.84. The lowest BCUT2D eigenvalue weighted by atomic mass is 10.1. The Labute approximate surface area is 137 Å². The third kappa shape index (κ3) is 3.70. The molecule has 1 saturated heterocycles. The molecule has 1 amide bonds. The number of carbonyl (C=O) groups is 1. The lowest BCUT2D eigenvalue weighted by Gasteiger charge is -2.34. The van der Waals surface area contributed by atoms with Crippen LogP contribution in [-0.2, 0) is 0 Å². The van der Waals surface area contributed by atoms with Crippen LogP contribution >= 0.6 is 0 Å². The Hall–Kier alpha value is -2.90. The van der Waals surface area contributed by atoms with Crippen molar-refractivity contribution in [2.45, 2.75) is 25.8 Å². The van der Waals surface area contributed by atoms with Crippen molar-refractivity contribution in [1.82, 2.24) is 20.3 Å². The molecule has 24 heavy (non-hydrogen) atoms. The minimum atomic E-state index is -0.693. The average Bonchev–Trinajstić information content (AvgIpc) is 2.54. The number of anilines is 1. The summed E-state index contributed by atoms with van der Waals surface area (Å²) in [6.45, 7) is 3.45. The molecule has 8 heteroatoms. The molecule has 2 aromatic rings. The minimum Gasteiger partial charge on any atom is -0.355 e. The Morgan fingerprint density at radius 3 is 2.92 bits per heavy atom. The highest BCUT2D eigenvalue weighted by molar-refractivity contribution is 5.92. The summed E-state index contributed by atoms with van der Waals surface area (Å²) in [6.07, 6.45) is 1.76. The van der Waals surface area contributed by atoms with Crippen LogP contribution in [0.25, 0.3) is 0 Å². The van der Waals surface area contributed by atoms with Crippen molar-refractivity contribution in [2.24, 2.45) is 0 Å². The normalized spacial score (nSPS) is 17.5. The number of piperidine rings is 1. The molecule has 1 aliphatic rings. The van der Waals surface area contributed by atoms with Crippen molar-refractivity contribution in [1.29, 1.82) is 0 Å². The van der Waals surface area contributed by atoms with E-state index in [-0.39, 0.29) is 11.7 Å². The van der Waals surface area contributed by atoms with Crippen LogP contribution < -0.4 is 21.5 Å². The van der Waals surface area contributed by atoms with Gasteiger partial charge in [0.05, 0.1) is 0 Å². The van der Waals surface area contributed by atoms with Gasteiger partial charge in [0.25, 0.3) is 11.5 Å². The lowest BCUT2D eigenvalue weighted by Crippen LogP contribution is -2.48. The van der Waals surface area contributed by atoms with Gasteiger partial charge in [-0.2, -0.15) is 0 Å². The molecule has 0 aromatic carbocycles. The molecule has 3 rings (SSSR count). The summed E-state index contributed by atoms with van der Waals surface area (Å²) >= 11 is 0. The van der Waals surface area contributed by atoms with E-state index in [0.29, 0.717) is 6.54 Å². The zero-order valence-corrected chi connectivity index (χ0v) is 13.3. The zero-order valence-electron chi connectivity index (χ0n) is 13.3. The molecule has 0 saturated carbocycles. The molecule has 0 bridgehead atoms. The van der Waals surface area contributed by atoms with Gasteiger partial charge >= 0.3 is 5.69 Å². The number of nitrogens with one attached hydrogen (secondary N) is 3. The number of aryl methyl sites for hydroxylation is 1. The van der Waals surface area contributed by atoms with Crippen molar-refractivity contribution in [3.05, 3.63) is 56.5 Å². The van der Waals surface area contributed by atoms with Gasteiger partial charge in [-0.15, -0.1) is 0 Å². The van der Waals surface area contributed by atoms with E-state index in [1.165, 1.54) is 0 Å². The van der Waals surface area contributed by atoms with E-state index in [1.54, 1.807) is 0 Å². The van der Waals surface area contributed by atoms with E-state index in [2.05, 4.69) is 20.2 Å². The second-order valence-electron chi connectivity index (χ2n) is 5.90. The Kier molecular flexibility index (Phi) is 4.45. The summed E-state index contributed by atoms with van der Waals surface area (Å²) in [5.74, 6) is 0.431. The fraction of sp³-hybridized carbons (Fsp3) is 0.375. The first-order valence-electron chi connectivity index (χ1n) is 7.84. The van der Waals surface area contributed by atoms with Gasteiger partial charge in [0, 0.05) is 30.9 Å². The third-order valence-electron chi connectivity index (χ3n) is 3.96. The molecule has 1 fully saturated rings. The maximum Gasteiger partial charge on any atom is 0.326 e. The largest absolute Gasteiger partial charge is 0.355 e. The molecular weight excluding hydrogens is 310 g/mol. The highest BCUT2D eigenvalue weighted by Crippen LogP contribution is 2.18. The van der Waals surface area contributed by atoms with Crippen LogP contribution in [0, 0.1) is 6.92 Å². The van der Waals surface area contributed by atoms with Crippen LogP contribution in [0.1, 0.15) is 29.0 Å². The van der Waals surface area contributed by atoms with Crippen molar-refractivity contribution in [2.75, 3.05) is 18.0 Å². The summed E-state index contributed by atoms with van der Waals surface area (Å²) in [4.78, 5) is 45.8. The Balaban J connectivity index is 1.70. The van der Waals surface area contributed by atoms with Crippen molar-refractivity contribution in [3.8, 4) is 0 Å². The van der Waals surface area contributed by atoms with Crippen molar-refractivity contribution < 1.29 is 4.79 Å². The molecule has 0 aliphatic carbocycles. The van der Waals surface area contributed by atoms with Crippen LogP contribution in [0.2, 0.25) is 0 Å². The molecule has 1 atom stereocenters. The molecular formula is C16H19N5O3. The second-order valence-corrected chi connectivity index (χ2v) is 5.90. The number of amides is 1. The third-order valence-corrected chi connectivity index (χ3v) is 3.96. The standard InChI is InChI=1S/C16H19N5O3/c1-10-4-2-6-13(17-10)21-7-3-5-11(9-21)18-15(23)12-8-14(22)20-16(24)19-12/h2,4,6,8,11H,3,5,7,9H2,1H3,(H,18,23)(H2,19,20,22,24)/t11-/m0/s1. The van der Waals surface area contributed by atoms with Crippen LogP contribution in [0.15, 0.2) is 33.9 Å². The summed E-state index contributed by atoms with van der Waals surface area (Å²) in [7, 11) is 0. The lowest BCUT2D eigenvalue weighted by molar-refractivity contribution is 0.0927. The van der Waals surface area contributed by atoms with Gasteiger partial charge in [-0.1, -0.05) is 6.07 Å². The molecule has 3 N–H and O–H groups in total. The monoisotopic (exact) mass is 329 g/mol. The second kappa shape index (κ2) is 6.69. The first-order chi connectivity index (χ1) is 11.5. The SMILES string of the molecule is Cc1cccc(N2CCC[C@H](NC(=O)c3cc(=O)[nH]c(=O)[nH]3)C2)n1. The van der Waals surface area contributed by atoms with Crippen molar-refractivity contribution >= 4 is 11.7 Å². The number of H-pyrrole nitrogens is 2. The van der Waals surface area contributed by atoms with E-state index in [1.807, 2.05) is 30.1 Å². The fourth-order valence-electron chi connectivity index (χ4n) is 2.86. The number of carbonyl (C=O) groups excluding carboxylic acids is 1. The van der Waals surface area contributed by atoms with Crippen LogP contribution in [0.4, 0.5) is 5.82 Å². The van der Waals surface area contributed by atoms with Crippen LogP contribution in [-0.4, -0.2) is 40.0 Å². The predicted molar refractivity (Wildman–Crippen MR) is 89.4 cm³/mol. The van der Waals surface area contributed by atoms with Crippen LogP contribution in [0.5, 0.6) is 0 Å². The topological polar surface area (TPSA) is 111 Å². The smallest absolute Gasteiger partial charge is 0.326 e. The summed E-state index contributed by atoms with van der Waals surface area (Å²) in [6, 6.07) is 6.86. The van der Waals surface area contributed by atoms with E-state index in [9.17, 15) is 14.4 Å². The molecule has 0 radical (unpaired) electrons. The van der Waals surface area contributed by atoms with Gasteiger partial charge in [-0.05, 0) is 31.9 Å². The van der Waals surface area contributed by atoms with Gasteiger partial charge < -0.3 is 15.2 Å². The molecule has 0 unspecified atom stereocenters. The number of pyridine rings is 1. The highest BCUT2D eigenvalue weighted by atomic mass is 16.2. The van der Waals surface area contributed by atoms with Crippen molar-refractivity contribution in [3.63, 3.8) is 0 Å². The summed E-state index contributed by atoms with van der Waals surface area (Å²) < 4.78 is 0. The highest BCUT2D eigenvalue weighted by Gasteiger charge is 2.23. The Bertz CT molecular complexity index is 829. The quantitative estimate of drug-likeness (QED) is 0.743. The number of aromatic amines is 2. The zero-order chi connectivity index (χ0) is 17.1. The maximum absolute atomic E-state index is 12.2. The maximum atomic E-state index is 12.2. The molecule has 1 aliphatic heterocycles. The predicted octanol–water partition coefficient (Wildman–Crippen LogP) is 0.165. The molecule has 8 nitrogen and oxygen atoms in total. The molecule has 2 aromatic heterocycles. The summed E-state index contributed by atoms with van der Waals surface area (Å²) in [5.41, 5.74) is -0.380. The van der Waals surface area contributed by atoms with E-state index in [0.717, 1.165) is 37.0 Å². The molecule has 0 spiro atoms. The number of hydrogen-bond acceptors (Lipinski definition) is 5. The first kappa shape index (κ1) is 16.0. The number of aromatic nitrogens is 3. The summed E-state index contributed by atoms with van der Waals surface area (Å²) in [5, 5.41) is 2.87. The van der Waals surface area contributed by atoms with E-state index < -0.39 is 17.2 Å². The van der Waals surface area contributed by atoms with Gasteiger partial charge in [0.15, 0.2) is 0 Å². The number of hydrogen-bond donors (Lipinski definition) is 3. The van der Waals surface area contributed by atoms with Gasteiger partial charge in [-0.3, -0.25) is 14.6 Å². The molecule has 126 valence electrons. The Morgan fingerprint density at radius 1 is 1.33 bits per heavy atom. The van der Waals surface area contributed by atoms with Gasteiger partial charge in [0.2, 0.25) is 0 Å².